The molecule has 0 rings (SSSR count). The molecule has 0 radical (unpaired) electrons. The Morgan fingerprint density at radius 1 is 1.44 bits per heavy atom. The molecule has 0 spiro atoms. The van der Waals surface area contributed by atoms with Gasteiger partial charge in [0.15, 0.2) is 0 Å². The molecule has 0 atom stereocenters. The van der Waals surface area contributed by atoms with Crippen molar-refractivity contribution in [2.24, 2.45) is 0 Å². The van der Waals surface area contributed by atoms with E-state index >= 15 is 0 Å². The molecule has 52 valence electrons. The first-order chi connectivity index (χ1) is 3.92. The van der Waals surface area contributed by atoms with Gasteiger partial charge < -0.3 is 14.9 Å². The standard InChI is InChI=1S/C3H5O5P/c4-3(5)1-2-9(6,7)8/h1-2H,(H,4,5)(H2,6,7,8). The average molecular weight is 152 g/mol. The molecule has 0 aliphatic rings. The summed E-state index contributed by atoms with van der Waals surface area (Å²) >= 11 is 0. The highest BCUT2D eigenvalue weighted by Crippen LogP contribution is 2.35. The predicted octanol–water partition coefficient (Wildman–Crippen LogP) is -0.238. The molecule has 0 aromatic rings. The van der Waals surface area contributed by atoms with Crippen LogP contribution >= 0.6 is 7.60 Å². The number of rotatable bonds is 2. The largest absolute Gasteiger partial charge is 0.478 e. The average Bonchev–Trinajstić information content (AvgIpc) is 1.59. The lowest BCUT2D eigenvalue weighted by molar-refractivity contribution is -0.131. The second-order valence-corrected chi connectivity index (χ2v) is 2.72. The number of hydrogen-bond donors (Lipinski definition) is 3. The fourth-order valence-electron chi connectivity index (χ4n) is 0.161. The molecule has 0 bridgehead atoms. The van der Waals surface area contributed by atoms with Crippen molar-refractivity contribution in [3.63, 3.8) is 0 Å². The molecule has 0 aromatic heterocycles. The van der Waals surface area contributed by atoms with Gasteiger partial charge >= 0.3 is 13.6 Å². The van der Waals surface area contributed by atoms with E-state index in [2.05, 4.69) is 0 Å². The van der Waals surface area contributed by atoms with Gasteiger partial charge in [0.1, 0.15) is 0 Å². The third-order valence-electron chi connectivity index (χ3n) is 0.411. The van der Waals surface area contributed by atoms with Crippen LogP contribution in [0.5, 0.6) is 0 Å². The lowest BCUT2D eigenvalue weighted by Gasteiger charge is -1.90. The van der Waals surface area contributed by atoms with E-state index in [-0.39, 0.29) is 0 Å². The first-order valence-electron chi connectivity index (χ1n) is 1.89. The molecule has 0 amide bonds. The van der Waals surface area contributed by atoms with E-state index in [0.717, 1.165) is 0 Å². The van der Waals surface area contributed by atoms with Crippen LogP contribution in [0.1, 0.15) is 0 Å². The zero-order valence-corrected chi connectivity index (χ0v) is 5.15. The lowest BCUT2D eigenvalue weighted by atomic mass is 10.7. The van der Waals surface area contributed by atoms with E-state index in [1.54, 1.807) is 0 Å². The normalized spacial score (nSPS) is 12.2. The molecule has 0 aromatic carbocycles. The Morgan fingerprint density at radius 2 is 1.89 bits per heavy atom. The van der Waals surface area contributed by atoms with E-state index < -0.39 is 13.6 Å². The quantitative estimate of drug-likeness (QED) is 0.375. The summed E-state index contributed by atoms with van der Waals surface area (Å²) in [7, 11) is -4.28. The summed E-state index contributed by atoms with van der Waals surface area (Å²) in [4.78, 5) is 25.7. The second kappa shape index (κ2) is 2.77. The molecule has 3 N–H and O–H groups in total. The first kappa shape index (κ1) is 8.36. The summed E-state index contributed by atoms with van der Waals surface area (Å²) in [5, 5.41) is 7.85. The molecule has 5 nitrogen and oxygen atoms in total. The molecule has 6 heteroatoms. The highest BCUT2D eigenvalue weighted by Gasteiger charge is 2.05. The minimum atomic E-state index is -4.28. The van der Waals surface area contributed by atoms with Gasteiger partial charge in [-0.25, -0.2) is 4.79 Å². The van der Waals surface area contributed by atoms with E-state index in [1.165, 1.54) is 0 Å². The number of aliphatic carboxylic acids is 1. The van der Waals surface area contributed by atoms with Crippen molar-refractivity contribution in [2.45, 2.75) is 0 Å². The van der Waals surface area contributed by atoms with Crippen molar-refractivity contribution in [3.8, 4) is 0 Å². The Balaban J connectivity index is 4.02. The van der Waals surface area contributed by atoms with E-state index in [1.807, 2.05) is 0 Å². The molecule has 0 aliphatic heterocycles. The smallest absolute Gasteiger partial charge is 0.349 e. The number of hydrogen-bond acceptors (Lipinski definition) is 2. The van der Waals surface area contributed by atoms with Gasteiger partial charge in [-0.2, -0.15) is 0 Å². The van der Waals surface area contributed by atoms with Crippen molar-refractivity contribution in [1.29, 1.82) is 0 Å². The van der Waals surface area contributed by atoms with Crippen LogP contribution in [0.2, 0.25) is 0 Å². The number of carbonyl (C=O) groups is 1. The fraction of sp³-hybridized carbons (Fsp3) is 0. The van der Waals surface area contributed by atoms with E-state index in [0.29, 0.717) is 11.9 Å². The van der Waals surface area contributed by atoms with E-state index in [4.69, 9.17) is 14.9 Å². The Bertz CT molecular complexity index is 177. The molecular weight excluding hydrogens is 147 g/mol. The lowest BCUT2D eigenvalue weighted by Crippen LogP contribution is -1.85. The highest BCUT2D eigenvalue weighted by molar-refractivity contribution is 7.55. The van der Waals surface area contributed by atoms with Crippen LogP contribution < -0.4 is 0 Å². The monoisotopic (exact) mass is 152 g/mol. The maximum atomic E-state index is 9.88. The van der Waals surface area contributed by atoms with Crippen LogP contribution in [-0.2, 0) is 9.36 Å². The number of carboxylic acid groups (broad SMARTS) is 1. The molecule has 0 fully saturated rings. The van der Waals surface area contributed by atoms with Crippen LogP contribution in [0.25, 0.3) is 0 Å². The van der Waals surface area contributed by atoms with Crippen molar-refractivity contribution >= 4 is 13.6 Å². The van der Waals surface area contributed by atoms with Crippen molar-refractivity contribution in [3.05, 3.63) is 11.9 Å². The molecule has 9 heavy (non-hydrogen) atoms. The fourth-order valence-corrected chi connectivity index (χ4v) is 0.483. The van der Waals surface area contributed by atoms with Crippen LogP contribution in [0.15, 0.2) is 11.9 Å². The Hall–Kier alpha value is -0.640. The highest BCUT2D eigenvalue weighted by atomic mass is 31.2. The van der Waals surface area contributed by atoms with Gasteiger partial charge in [-0.15, -0.1) is 0 Å². The second-order valence-electron chi connectivity index (χ2n) is 1.24. The maximum absolute atomic E-state index is 9.88. The van der Waals surface area contributed by atoms with Gasteiger partial charge in [-0.05, 0) is 0 Å². The van der Waals surface area contributed by atoms with Crippen LogP contribution in [-0.4, -0.2) is 20.9 Å². The Morgan fingerprint density at radius 3 is 2.00 bits per heavy atom. The topological polar surface area (TPSA) is 94.8 Å². The zero-order chi connectivity index (χ0) is 7.49. The SMILES string of the molecule is O=C(O)C=CP(=O)(O)O. The summed E-state index contributed by atoms with van der Waals surface area (Å²) in [5.74, 6) is -1.05. The molecule has 0 saturated carbocycles. The first-order valence-corrected chi connectivity index (χ1v) is 3.57. The molecule has 0 heterocycles. The van der Waals surface area contributed by atoms with Gasteiger partial charge in [0, 0.05) is 11.9 Å². The third kappa shape index (κ3) is 7.36. The summed E-state index contributed by atoms with van der Waals surface area (Å²) < 4.78 is 9.88. The molecule has 0 saturated heterocycles. The van der Waals surface area contributed by atoms with Gasteiger partial charge in [-0.3, -0.25) is 4.57 Å². The Labute approximate surface area is 50.8 Å². The summed E-state index contributed by atoms with van der Waals surface area (Å²) in [5.41, 5.74) is 0. The summed E-state index contributed by atoms with van der Waals surface area (Å²) in [6.45, 7) is 0. The van der Waals surface area contributed by atoms with Crippen molar-refractivity contribution in [1.82, 2.24) is 0 Å². The van der Waals surface area contributed by atoms with E-state index in [9.17, 15) is 9.36 Å². The van der Waals surface area contributed by atoms with Crippen molar-refractivity contribution < 1.29 is 24.3 Å². The van der Waals surface area contributed by atoms with Gasteiger partial charge in [-0.1, -0.05) is 0 Å². The van der Waals surface area contributed by atoms with Crippen LogP contribution in [0, 0.1) is 0 Å². The Kier molecular flexibility index (Phi) is 2.58. The summed E-state index contributed by atoms with van der Waals surface area (Å²) in [6, 6.07) is 0. The minimum absolute atomic E-state index is 0.329. The summed E-state index contributed by atoms with van der Waals surface area (Å²) in [6.07, 6.45) is 0.404. The third-order valence-corrected chi connectivity index (χ3v) is 0.949. The minimum Gasteiger partial charge on any atom is -0.478 e. The zero-order valence-electron chi connectivity index (χ0n) is 4.26. The van der Waals surface area contributed by atoms with Gasteiger partial charge in [0.25, 0.3) is 0 Å². The van der Waals surface area contributed by atoms with Crippen molar-refractivity contribution in [2.75, 3.05) is 0 Å². The van der Waals surface area contributed by atoms with Crippen LogP contribution in [0.4, 0.5) is 0 Å². The van der Waals surface area contributed by atoms with Crippen LogP contribution in [0.3, 0.4) is 0 Å². The molecular formula is C3H5O5P. The van der Waals surface area contributed by atoms with Gasteiger partial charge in [0.2, 0.25) is 0 Å². The molecule has 0 unspecified atom stereocenters. The maximum Gasteiger partial charge on any atom is 0.349 e. The number of carboxylic acids is 1. The molecule has 0 aliphatic carbocycles. The predicted molar refractivity (Wildman–Crippen MR) is 28.8 cm³/mol. The van der Waals surface area contributed by atoms with Gasteiger partial charge in [0.05, 0.1) is 0 Å².